The van der Waals surface area contributed by atoms with Gasteiger partial charge in [-0.05, 0) is 55.5 Å². The Bertz CT molecular complexity index is 1290. The summed E-state index contributed by atoms with van der Waals surface area (Å²) in [5, 5.41) is 0.809. The second-order valence-electron chi connectivity index (χ2n) is 6.47. The van der Waals surface area contributed by atoms with E-state index in [9.17, 15) is 9.59 Å². The molecule has 31 heavy (non-hydrogen) atoms. The van der Waals surface area contributed by atoms with Crippen molar-refractivity contribution in [2.45, 2.75) is 6.92 Å². The van der Waals surface area contributed by atoms with E-state index < -0.39 is 5.97 Å². The highest BCUT2D eigenvalue weighted by Gasteiger charge is 2.14. The van der Waals surface area contributed by atoms with Gasteiger partial charge in [-0.2, -0.15) is 0 Å². The van der Waals surface area contributed by atoms with Crippen molar-refractivity contribution in [2.75, 3.05) is 6.61 Å². The second-order valence-corrected chi connectivity index (χ2v) is 6.90. The van der Waals surface area contributed by atoms with Gasteiger partial charge in [-0.25, -0.2) is 4.79 Å². The van der Waals surface area contributed by atoms with Crippen molar-refractivity contribution in [3.63, 3.8) is 0 Å². The van der Waals surface area contributed by atoms with E-state index in [2.05, 4.69) is 0 Å². The Morgan fingerprint density at radius 1 is 0.968 bits per heavy atom. The van der Waals surface area contributed by atoms with Gasteiger partial charge in [-0.3, -0.25) is 4.79 Å². The highest BCUT2D eigenvalue weighted by atomic mass is 35.5. The Morgan fingerprint density at radius 3 is 2.45 bits per heavy atom. The van der Waals surface area contributed by atoms with Crippen LogP contribution in [0.5, 0.6) is 23.0 Å². The average Bonchev–Trinajstić information content (AvgIpc) is 2.77. The molecule has 4 aromatic rings. The number of hydrogen-bond acceptors (Lipinski definition) is 6. The van der Waals surface area contributed by atoms with Crippen LogP contribution in [0.4, 0.5) is 0 Å². The van der Waals surface area contributed by atoms with Gasteiger partial charge >= 0.3 is 5.97 Å². The van der Waals surface area contributed by atoms with Gasteiger partial charge in [0, 0.05) is 11.1 Å². The van der Waals surface area contributed by atoms with E-state index in [-0.39, 0.29) is 27.9 Å². The van der Waals surface area contributed by atoms with Crippen LogP contribution in [-0.4, -0.2) is 12.6 Å². The zero-order chi connectivity index (χ0) is 21.8. The van der Waals surface area contributed by atoms with Crippen LogP contribution in [0, 0.1) is 0 Å². The molecule has 1 aromatic heterocycles. The molecule has 0 saturated carbocycles. The lowest BCUT2D eigenvalue weighted by Gasteiger charge is -2.11. The lowest BCUT2D eigenvalue weighted by atomic mass is 10.2. The zero-order valence-electron chi connectivity index (χ0n) is 16.5. The summed E-state index contributed by atoms with van der Waals surface area (Å²) in [7, 11) is 0. The summed E-state index contributed by atoms with van der Waals surface area (Å²) in [6.45, 7) is 2.32. The minimum Gasteiger partial charge on any atom is -0.490 e. The summed E-state index contributed by atoms with van der Waals surface area (Å²) in [4.78, 5) is 25.1. The lowest BCUT2D eigenvalue weighted by molar-refractivity contribution is 0.0735. The molecule has 0 bridgehead atoms. The molecule has 156 valence electrons. The number of fused-ring (bicyclic) bond motifs is 1. The van der Waals surface area contributed by atoms with E-state index in [0.717, 1.165) is 0 Å². The number of hydrogen-bond donors (Lipinski definition) is 0. The van der Waals surface area contributed by atoms with Crippen molar-refractivity contribution < 1.29 is 23.4 Å². The molecular formula is C24H17ClO6. The lowest BCUT2D eigenvalue weighted by Crippen LogP contribution is -2.09. The average molecular weight is 437 g/mol. The van der Waals surface area contributed by atoms with E-state index >= 15 is 0 Å². The molecule has 0 atom stereocenters. The first-order valence-electron chi connectivity index (χ1n) is 9.48. The third kappa shape index (κ3) is 4.54. The van der Waals surface area contributed by atoms with Crippen LogP contribution < -0.4 is 19.6 Å². The smallest absolute Gasteiger partial charge is 0.343 e. The fourth-order valence-corrected chi connectivity index (χ4v) is 3.03. The zero-order valence-corrected chi connectivity index (χ0v) is 17.2. The van der Waals surface area contributed by atoms with E-state index in [1.54, 1.807) is 42.5 Å². The van der Waals surface area contributed by atoms with Crippen LogP contribution in [0.1, 0.15) is 17.3 Å². The molecule has 0 unspecified atom stereocenters. The first kappa shape index (κ1) is 20.5. The predicted molar refractivity (Wildman–Crippen MR) is 117 cm³/mol. The molecule has 0 saturated heterocycles. The SMILES string of the molecule is CCOc1ccccc1Oc1coc2cc(OC(=O)c3ccc(Cl)cc3)ccc2c1=O. The maximum absolute atomic E-state index is 12.8. The van der Waals surface area contributed by atoms with Crippen LogP contribution in [0.15, 0.2) is 82.2 Å². The maximum Gasteiger partial charge on any atom is 0.343 e. The van der Waals surface area contributed by atoms with Crippen molar-refractivity contribution in [2.24, 2.45) is 0 Å². The number of benzene rings is 3. The molecule has 0 N–H and O–H groups in total. The standard InChI is InChI=1S/C24H17ClO6/c1-2-28-19-5-3-4-6-20(19)31-22-14-29-21-13-17(11-12-18(21)23(22)26)30-24(27)15-7-9-16(25)10-8-15/h3-14H,2H2,1H3. The van der Waals surface area contributed by atoms with Crippen LogP contribution in [0.2, 0.25) is 5.02 Å². The van der Waals surface area contributed by atoms with Crippen LogP contribution in [0.25, 0.3) is 11.0 Å². The molecule has 3 aromatic carbocycles. The second kappa shape index (κ2) is 8.93. The third-order valence-electron chi connectivity index (χ3n) is 4.37. The number of esters is 1. The van der Waals surface area contributed by atoms with E-state index in [1.165, 1.54) is 24.5 Å². The first-order chi connectivity index (χ1) is 15.0. The van der Waals surface area contributed by atoms with Crippen molar-refractivity contribution in [1.29, 1.82) is 0 Å². The molecule has 7 heteroatoms. The highest BCUT2D eigenvalue weighted by Crippen LogP contribution is 2.31. The summed E-state index contributed by atoms with van der Waals surface area (Å²) in [5.74, 6) is 0.640. The molecule has 0 aliphatic carbocycles. The summed E-state index contributed by atoms with van der Waals surface area (Å²) >= 11 is 5.83. The number of rotatable bonds is 6. The topological polar surface area (TPSA) is 75.0 Å². The van der Waals surface area contributed by atoms with Gasteiger partial charge in [0.25, 0.3) is 0 Å². The largest absolute Gasteiger partial charge is 0.490 e. The monoisotopic (exact) mass is 436 g/mol. The Hall–Kier alpha value is -3.77. The summed E-state index contributed by atoms with van der Waals surface area (Å²) in [5.41, 5.74) is 0.252. The van der Waals surface area contributed by atoms with E-state index in [4.69, 9.17) is 30.2 Å². The fraction of sp³-hybridized carbons (Fsp3) is 0.0833. The van der Waals surface area contributed by atoms with Crippen molar-refractivity contribution in [3.05, 3.63) is 93.8 Å². The Labute approximate surface area is 182 Å². The molecule has 0 aliphatic rings. The molecular weight excluding hydrogens is 420 g/mol. The number of carbonyl (C=O) groups is 1. The quantitative estimate of drug-likeness (QED) is 0.278. The number of carbonyl (C=O) groups excluding carboxylic acids is 1. The van der Waals surface area contributed by atoms with Crippen molar-refractivity contribution in [1.82, 2.24) is 0 Å². The Kier molecular flexibility index (Phi) is 5.91. The van der Waals surface area contributed by atoms with Gasteiger partial charge in [0.15, 0.2) is 11.5 Å². The fourth-order valence-electron chi connectivity index (χ4n) is 2.90. The van der Waals surface area contributed by atoms with Crippen molar-refractivity contribution >= 4 is 28.5 Å². The van der Waals surface area contributed by atoms with E-state index in [0.29, 0.717) is 28.7 Å². The van der Waals surface area contributed by atoms with Crippen LogP contribution >= 0.6 is 11.6 Å². The molecule has 0 spiro atoms. The number of halogens is 1. The maximum atomic E-state index is 12.8. The van der Waals surface area contributed by atoms with Gasteiger partial charge in [0.2, 0.25) is 11.2 Å². The Morgan fingerprint density at radius 2 is 1.71 bits per heavy atom. The van der Waals surface area contributed by atoms with Gasteiger partial charge in [-0.1, -0.05) is 23.7 Å². The Balaban J connectivity index is 1.59. The van der Waals surface area contributed by atoms with E-state index in [1.807, 2.05) is 13.0 Å². The molecule has 1 heterocycles. The van der Waals surface area contributed by atoms with Crippen LogP contribution in [0.3, 0.4) is 0 Å². The minimum atomic E-state index is -0.550. The number of ether oxygens (including phenoxy) is 3. The van der Waals surface area contributed by atoms with Gasteiger partial charge in [0.1, 0.15) is 17.6 Å². The summed E-state index contributed by atoms with van der Waals surface area (Å²) < 4.78 is 22.2. The highest BCUT2D eigenvalue weighted by molar-refractivity contribution is 6.30. The van der Waals surface area contributed by atoms with Gasteiger partial charge < -0.3 is 18.6 Å². The summed E-state index contributed by atoms with van der Waals surface area (Å²) in [6, 6.07) is 17.9. The first-order valence-corrected chi connectivity index (χ1v) is 9.86. The van der Waals surface area contributed by atoms with Crippen molar-refractivity contribution in [3.8, 4) is 23.0 Å². The molecule has 6 nitrogen and oxygen atoms in total. The van der Waals surface area contributed by atoms with Gasteiger partial charge in [0.05, 0.1) is 17.6 Å². The third-order valence-corrected chi connectivity index (χ3v) is 4.63. The molecule has 0 amide bonds. The normalized spacial score (nSPS) is 10.6. The predicted octanol–water partition coefficient (Wildman–Crippen LogP) is 5.86. The van der Waals surface area contributed by atoms with Gasteiger partial charge in [-0.15, -0.1) is 0 Å². The molecule has 4 rings (SSSR count). The number of para-hydroxylation sites is 2. The molecule has 0 radical (unpaired) electrons. The molecule has 0 aliphatic heterocycles. The van der Waals surface area contributed by atoms with Crippen LogP contribution in [-0.2, 0) is 0 Å². The minimum absolute atomic E-state index is 0.0190. The summed E-state index contributed by atoms with van der Waals surface area (Å²) in [6.07, 6.45) is 1.22. The molecule has 0 fully saturated rings.